The first-order valence-corrected chi connectivity index (χ1v) is 7.95. The summed E-state index contributed by atoms with van der Waals surface area (Å²) in [5.41, 5.74) is 2.63. The fourth-order valence-electron chi connectivity index (χ4n) is 2.66. The van der Waals surface area contributed by atoms with Crippen LogP contribution in [-0.4, -0.2) is 25.1 Å². The average Bonchev–Trinajstić information content (AvgIpc) is 3.07. The van der Waals surface area contributed by atoms with Crippen LogP contribution in [-0.2, 0) is 17.8 Å². The van der Waals surface area contributed by atoms with E-state index >= 15 is 0 Å². The highest BCUT2D eigenvalue weighted by Gasteiger charge is 2.19. The van der Waals surface area contributed by atoms with Crippen LogP contribution in [0.15, 0.2) is 24.5 Å². The van der Waals surface area contributed by atoms with Gasteiger partial charge in [-0.25, -0.2) is 9.67 Å². The number of aryl methyl sites for hydroxylation is 1. The number of halogens is 3. The normalized spacial score (nSPS) is 11.4. The summed E-state index contributed by atoms with van der Waals surface area (Å²) < 4.78 is 28.1. The van der Waals surface area contributed by atoms with Gasteiger partial charge in [0.25, 0.3) is 0 Å². The van der Waals surface area contributed by atoms with Gasteiger partial charge in [0, 0.05) is 23.7 Å². The van der Waals surface area contributed by atoms with E-state index in [1.165, 1.54) is 6.92 Å². The van der Waals surface area contributed by atoms with Crippen molar-refractivity contribution in [3.63, 3.8) is 0 Å². The lowest BCUT2D eigenvalue weighted by atomic mass is 10.1. The first kappa shape index (κ1) is 17.3. The van der Waals surface area contributed by atoms with Crippen LogP contribution in [0.3, 0.4) is 0 Å². The largest absolute Gasteiger partial charge is 0.350 e. The second-order valence-corrected chi connectivity index (χ2v) is 6.11. The molecule has 0 spiro atoms. The van der Waals surface area contributed by atoms with Gasteiger partial charge in [-0.15, -0.1) is 0 Å². The molecule has 1 amide bonds. The molecule has 0 atom stereocenters. The van der Waals surface area contributed by atoms with Crippen LogP contribution in [0.1, 0.15) is 29.2 Å². The number of carbonyl (C=O) groups is 1. The maximum Gasteiger partial charge on any atom is 0.333 e. The Labute approximate surface area is 147 Å². The summed E-state index contributed by atoms with van der Waals surface area (Å²) in [7, 11) is 0. The molecule has 0 aliphatic carbocycles. The number of nitrogens with one attached hydrogen (secondary N) is 1. The van der Waals surface area contributed by atoms with Gasteiger partial charge < -0.3 is 9.72 Å². The Kier molecular flexibility index (Phi) is 4.71. The van der Waals surface area contributed by atoms with E-state index in [4.69, 9.17) is 11.6 Å². The van der Waals surface area contributed by atoms with E-state index in [0.717, 1.165) is 5.65 Å². The van der Waals surface area contributed by atoms with E-state index in [1.54, 1.807) is 35.9 Å². The minimum absolute atomic E-state index is 0.0103. The van der Waals surface area contributed by atoms with Crippen molar-refractivity contribution in [1.29, 1.82) is 0 Å². The van der Waals surface area contributed by atoms with Gasteiger partial charge in [-0.1, -0.05) is 11.6 Å². The van der Waals surface area contributed by atoms with Gasteiger partial charge in [0.15, 0.2) is 0 Å². The standard InChI is InChI=1S/C16H16ClF2N5O/c1-9-13(10(2)24(22-9)16(18)19)5-15(25)20-6-12-8-23-7-11(17)3-4-14(23)21-12/h3-4,7-8,16H,5-6H2,1-2H3,(H,20,25). The van der Waals surface area contributed by atoms with Crippen molar-refractivity contribution in [2.45, 2.75) is 33.4 Å². The highest BCUT2D eigenvalue weighted by molar-refractivity contribution is 6.30. The first-order valence-electron chi connectivity index (χ1n) is 7.57. The lowest BCUT2D eigenvalue weighted by Gasteiger charge is -2.05. The first-order chi connectivity index (χ1) is 11.8. The second kappa shape index (κ2) is 6.79. The second-order valence-electron chi connectivity index (χ2n) is 5.67. The number of hydrogen-bond acceptors (Lipinski definition) is 3. The zero-order valence-electron chi connectivity index (χ0n) is 13.6. The molecule has 0 aromatic carbocycles. The summed E-state index contributed by atoms with van der Waals surface area (Å²) in [5.74, 6) is -0.282. The van der Waals surface area contributed by atoms with E-state index in [9.17, 15) is 13.6 Å². The van der Waals surface area contributed by atoms with Crippen molar-refractivity contribution in [2.24, 2.45) is 0 Å². The van der Waals surface area contributed by atoms with Crippen LogP contribution in [0.4, 0.5) is 8.78 Å². The Bertz CT molecular complexity index is 934. The van der Waals surface area contributed by atoms with Gasteiger partial charge in [0.2, 0.25) is 5.91 Å². The maximum absolute atomic E-state index is 12.8. The molecule has 3 aromatic rings. The van der Waals surface area contributed by atoms with Gasteiger partial charge in [0.05, 0.1) is 29.4 Å². The van der Waals surface area contributed by atoms with E-state index in [1.807, 2.05) is 0 Å². The van der Waals surface area contributed by atoms with Gasteiger partial charge in [0.1, 0.15) is 5.65 Å². The zero-order valence-corrected chi connectivity index (χ0v) is 14.4. The number of fused-ring (bicyclic) bond motifs is 1. The third-order valence-electron chi connectivity index (χ3n) is 3.93. The SMILES string of the molecule is Cc1nn(C(F)F)c(C)c1CC(=O)NCc1cn2cc(Cl)ccc2n1. The molecule has 0 fully saturated rings. The molecule has 0 bridgehead atoms. The summed E-state index contributed by atoms with van der Waals surface area (Å²) in [6, 6.07) is 3.51. The van der Waals surface area contributed by atoms with E-state index < -0.39 is 6.55 Å². The molecular weight excluding hydrogens is 352 g/mol. The van der Waals surface area contributed by atoms with Crippen molar-refractivity contribution in [1.82, 2.24) is 24.5 Å². The highest BCUT2D eigenvalue weighted by atomic mass is 35.5. The van der Waals surface area contributed by atoms with Crippen LogP contribution < -0.4 is 5.32 Å². The van der Waals surface area contributed by atoms with Crippen molar-refractivity contribution < 1.29 is 13.6 Å². The molecule has 0 saturated heterocycles. The molecule has 3 aromatic heterocycles. The minimum atomic E-state index is -2.72. The Hall–Kier alpha value is -2.48. The number of carbonyl (C=O) groups excluding carboxylic acids is 1. The number of alkyl halides is 2. The Morgan fingerprint density at radius 3 is 2.76 bits per heavy atom. The molecule has 0 unspecified atom stereocenters. The van der Waals surface area contributed by atoms with Gasteiger partial charge in [-0.3, -0.25) is 4.79 Å². The predicted molar refractivity (Wildman–Crippen MR) is 88.7 cm³/mol. The van der Waals surface area contributed by atoms with Crippen LogP contribution >= 0.6 is 11.6 Å². The Morgan fingerprint density at radius 2 is 2.08 bits per heavy atom. The Balaban J connectivity index is 1.66. The number of hydrogen-bond donors (Lipinski definition) is 1. The average molecular weight is 368 g/mol. The third-order valence-corrected chi connectivity index (χ3v) is 4.15. The quantitative estimate of drug-likeness (QED) is 0.753. The molecule has 0 saturated carbocycles. The van der Waals surface area contributed by atoms with Gasteiger partial charge in [-0.05, 0) is 26.0 Å². The van der Waals surface area contributed by atoms with Gasteiger partial charge in [-0.2, -0.15) is 13.9 Å². The van der Waals surface area contributed by atoms with Crippen LogP contribution in [0.25, 0.3) is 5.65 Å². The molecule has 3 rings (SSSR count). The molecular formula is C16H16ClF2N5O. The summed E-state index contributed by atoms with van der Waals surface area (Å²) in [6.45, 7) is 0.653. The number of amides is 1. The topological polar surface area (TPSA) is 64.2 Å². The van der Waals surface area contributed by atoms with Gasteiger partial charge >= 0.3 is 6.55 Å². The summed E-state index contributed by atoms with van der Waals surface area (Å²) in [5, 5.41) is 7.11. The van der Waals surface area contributed by atoms with Crippen molar-refractivity contribution in [2.75, 3.05) is 0 Å². The molecule has 0 aliphatic rings. The number of pyridine rings is 1. The van der Waals surface area contributed by atoms with Crippen molar-refractivity contribution in [3.05, 3.63) is 52.2 Å². The van der Waals surface area contributed by atoms with Crippen LogP contribution in [0.2, 0.25) is 5.02 Å². The molecule has 132 valence electrons. The fraction of sp³-hybridized carbons (Fsp3) is 0.312. The number of aromatic nitrogens is 4. The summed E-state index contributed by atoms with van der Waals surface area (Å²) >= 11 is 5.92. The molecule has 3 heterocycles. The molecule has 9 heteroatoms. The molecule has 1 N–H and O–H groups in total. The minimum Gasteiger partial charge on any atom is -0.350 e. The number of imidazole rings is 1. The summed E-state index contributed by atoms with van der Waals surface area (Å²) in [6.07, 6.45) is 3.48. The van der Waals surface area contributed by atoms with Crippen molar-refractivity contribution >= 4 is 23.2 Å². The number of nitrogens with zero attached hydrogens (tertiary/aromatic N) is 4. The predicted octanol–water partition coefficient (Wildman–Crippen LogP) is 3.06. The molecule has 25 heavy (non-hydrogen) atoms. The summed E-state index contributed by atoms with van der Waals surface area (Å²) in [4.78, 5) is 16.5. The van der Waals surface area contributed by atoms with Crippen molar-refractivity contribution in [3.8, 4) is 0 Å². The number of rotatable bonds is 5. The molecule has 0 radical (unpaired) electrons. The molecule has 0 aliphatic heterocycles. The monoisotopic (exact) mass is 367 g/mol. The van der Waals surface area contributed by atoms with Crippen LogP contribution in [0, 0.1) is 13.8 Å². The van der Waals surface area contributed by atoms with E-state index in [-0.39, 0.29) is 18.9 Å². The smallest absolute Gasteiger partial charge is 0.333 e. The molecule has 6 nitrogen and oxygen atoms in total. The maximum atomic E-state index is 12.8. The highest BCUT2D eigenvalue weighted by Crippen LogP contribution is 2.19. The fourth-order valence-corrected chi connectivity index (χ4v) is 2.83. The third kappa shape index (κ3) is 3.63. The lowest BCUT2D eigenvalue weighted by molar-refractivity contribution is -0.120. The Morgan fingerprint density at radius 1 is 1.32 bits per heavy atom. The zero-order chi connectivity index (χ0) is 18.1. The van der Waals surface area contributed by atoms with Crippen LogP contribution in [0.5, 0.6) is 0 Å². The van der Waals surface area contributed by atoms with E-state index in [0.29, 0.717) is 32.3 Å². The lowest BCUT2D eigenvalue weighted by Crippen LogP contribution is -2.25. The van der Waals surface area contributed by atoms with E-state index in [2.05, 4.69) is 15.4 Å².